The number of halogens is 1. The number of nitrogens with zero attached hydrogens (tertiary/aromatic N) is 1. The summed E-state index contributed by atoms with van der Waals surface area (Å²) in [7, 11) is 0. The molecule has 4 fully saturated rings. The molecular weight excluding hydrogens is 286 g/mol. The molecule has 0 N–H and O–H groups in total. The molecule has 0 aromatic heterocycles. The molecule has 2 aliphatic carbocycles. The van der Waals surface area contributed by atoms with E-state index in [0.717, 1.165) is 18.0 Å². The standard InChI is InChI=1S/C17H18ClNO2/c18-15-16(20)19-9-13-10-6-7-11(8-10)14(13)21-17(15,19)12-4-2-1-3-5-12/h1-5,10-11,13-15H,6-9H2/t10-,11+,13+,14-,15+,17-/m0/s1. The van der Waals surface area contributed by atoms with Crippen molar-refractivity contribution in [2.24, 2.45) is 17.8 Å². The molecule has 1 aromatic rings. The summed E-state index contributed by atoms with van der Waals surface area (Å²) in [6.07, 6.45) is 4.14. The van der Waals surface area contributed by atoms with Gasteiger partial charge < -0.3 is 9.64 Å². The van der Waals surface area contributed by atoms with Gasteiger partial charge in [0.2, 0.25) is 5.91 Å². The molecule has 1 amide bonds. The fraction of sp³-hybridized carbons (Fsp3) is 0.588. The van der Waals surface area contributed by atoms with E-state index in [1.165, 1.54) is 19.3 Å². The van der Waals surface area contributed by atoms with Gasteiger partial charge in [-0.15, -0.1) is 11.6 Å². The minimum absolute atomic E-state index is 0.0294. The summed E-state index contributed by atoms with van der Waals surface area (Å²) < 4.78 is 6.57. The van der Waals surface area contributed by atoms with Crippen molar-refractivity contribution in [2.75, 3.05) is 6.54 Å². The quantitative estimate of drug-likeness (QED) is 0.590. The number of alkyl halides is 1. The number of benzene rings is 1. The van der Waals surface area contributed by atoms with Crippen molar-refractivity contribution in [1.29, 1.82) is 0 Å². The lowest BCUT2D eigenvalue weighted by molar-refractivity contribution is -0.283. The van der Waals surface area contributed by atoms with Gasteiger partial charge in [-0.3, -0.25) is 4.79 Å². The van der Waals surface area contributed by atoms with Gasteiger partial charge in [0.05, 0.1) is 6.10 Å². The highest BCUT2D eigenvalue weighted by Crippen LogP contribution is 2.59. The zero-order chi connectivity index (χ0) is 14.2. The molecule has 4 heteroatoms. The maximum absolute atomic E-state index is 12.3. The molecule has 21 heavy (non-hydrogen) atoms. The highest BCUT2D eigenvalue weighted by molar-refractivity contribution is 6.34. The second-order valence-electron chi connectivity index (χ2n) is 6.95. The third kappa shape index (κ3) is 1.37. The number of carbonyl (C=O) groups is 1. The molecule has 2 saturated carbocycles. The molecule has 2 bridgehead atoms. The second-order valence-corrected chi connectivity index (χ2v) is 7.39. The van der Waals surface area contributed by atoms with Gasteiger partial charge >= 0.3 is 0 Å². The van der Waals surface area contributed by atoms with E-state index in [1.54, 1.807) is 0 Å². The summed E-state index contributed by atoms with van der Waals surface area (Å²) in [4.78, 5) is 14.2. The highest BCUT2D eigenvalue weighted by Gasteiger charge is 2.68. The van der Waals surface area contributed by atoms with Crippen LogP contribution >= 0.6 is 11.6 Å². The van der Waals surface area contributed by atoms with E-state index in [1.807, 2.05) is 35.2 Å². The highest BCUT2D eigenvalue weighted by atomic mass is 35.5. The van der Waals surface area contributed by atoms with E-state index in [2.05, 4.69) is 0 Å². The van der Waals surface area contributed by atoms with Crippen LogP contribution in [0.5, 0.6) is 0 Å². The topological polar surface area (TPSA) is 29.5 Å². The van der Waals surface area contributed by atoms with Crippen molar-refractivity contribution in [3.8, 4) is 0 Å². The van der Waals surface area contributed by atoms with Crippen LogP contribution < -0.4 is 0 Å². The first-order valence-corrected chi connectivity index (χ1v) is 8.34. The smallest absolute Gasteiger partial charge is 0.248 e. The van der Waals surface area contributed by atoms with Crippen molar-refractivity contribution in [2.45, 2.75) is 36.5 Å². The Morgan fingerprint density at radius 1 is 1.19 bits per heavy atom. The fourth-order valence-corrected chi connectivity index (χ4v) is 5.56. The number of ether oxygens (including phenoxy) is 1. The molecule has 1 aromatic carbocycles. The summed E-state index contributed by atoms with van der Waals surface area (Å²) in [5.41, 5.74) is 0.303. The molecule has 4 aliphatic rings. The van der Waals surface area contributed by atoms with Crippen LogP contribution in [-0.2, 0) is 15.3 Å². The van der Waals surface area contributed by atoms with Gasteiger partial charge in [0.1, 0.15) is 0 Å². The van der Waals surface area contributed by atoms with Crippen molar-refractivity contribution in [1.82, 2.24) is 4.90 Å². The average Bonchev–Trinajstić information content (AvgIpc) is 3.15. The Bertz CT molecular complexity index is 606. The monoisotopic (exact) mass is 303 g/mol. The number of hydrogen-bond acceptors (Lipinski definition) is 2. The Morgan fingerprint density at radius 3 is 2.76 bits per heavy atom. The molecule has 0 unspecified atom stereocenters. The summed E-state index contributed by atoms with van der Waals surface area (Å²) in [6.45, 7) is 0.822. The zero-order valence-corrected chi connectivity index (χ0v) is 12.5. The van der Waals surface area contributed by atoms with Gasteiger partial charge in [-0.05, 0) is 31.1 Å². The van der Waals surface area contributed by atoms with Gasteiger partial charge in [0, 0.05) is 18.0 Å². The molecule has 5 rings (SSSR count). The van der Waals surface area contributed by atoms with Crippen LogP contribution in [0, 0.1) is 17.8 Å². The first-order chi connectivity index (χ1) is 10.2. The number of rotatable bonds is 1. The molecule has 0 spiro atoms. The average molecular weight is 304 g/mol. The summed E-state index contributed by atoms with van der Waals surface area (Å²) in [6, 6.07) is 10.0. The summed E-state index contributed by atoms with van der Waals surface area (Å²) in [5.74, 6) is 1.97. The lowest BCUT2D eigenvalue weighted by Crippen LogP contribution is -2.76. The van der Waals surface area contributed by atoms with Crippen molar-refractivity contribution >= 4 is 17.5 Å². The van der Waals surface area contributed by atoms with E-state index >= 15 is 0 Å². The number of hydrogen-bond donors (Lipinski definition) is 0. The van der Waals surface area contributed by atoms with Gasteiger partial charge in [-0.2, -0.15) is 0 Å². The van der Waals surface area contributed by atoms with Gasteiger partial charge in [-0.1, -0.05) is 30.3 Å². The van der Waals surface area contributed by atoms with E-state index in [-0.39, 0.29) is 12.0 Å². The lowest BCUT2D eigenvalue weighted by atomic mass is 9.78. The van der Waals surface area contributed by atoms with Crippen LogP contribution in [0.1, 0.15) is 24.8 Å². The van der Waals surface area contributed by atoms with Crippen molar-refractivity contribution in [3.05, 3.63) is 35.9 Å². The van der Waals surface area contributed by atoms with Crippen LogP contribution in [0.3, 0.4) is 0 Å². The Kier molecular flexibility index (Phi) is 2.39. The molecule has 2 saturated heterocycles. The molecular formula is C17H18ClNO2. The third-order valence-corrected chi connectivity index (χ3v) is 6.61. The predicted octanol–water partition coefficient (Wildman–Crippen LogP) is 2.73. The van der Waals surface area contributed by atoms with E-state index in [9.17, 15) is 4.79 Å². The maximum Gasteiger partial charge on any atom is 0.248 e. The Hall–Kier alpha value is -1.06. The second kappa shape index (κ2) is 4.02. The van der Waals surface area contributed by atoms with Crippen LogP contribution in [0.25, 0.3) is 0 Å². The van der Waals surface area contributed by atoms with Crippen LogP contribution in [0.4, 0.5) is 0 Å². The van der Waals surface area contributed by atoms with Crippen molar-refractivity contribution < 1.29 is 9.53 Å². The maximum atomic E-state index is 12.3. The van der Waals surface area contributed by atoms with Gasteiger partial charge in [0.25, 0.3) is 0 Å². The Balaban J connectivity index is 1.58. The van der Waals surface area contributed by atoms with E-state index in [0.29, 0.717) is 11.8 Å². The normalized spacial score (nSPS) is 47.0. The van der Waals surface area contributed by atoms with Crippen LogP contribution in [-0.4, -0.2) is 28.8 Å². The SMILES string of the molecule is O=C1[C@@H](Cl)[C@]2(c3ccccc3)O[C@H]3[C@@H]4CC[C@@H](C4)[C@H]3CN12. The third-order valence-electron chi connectivity index (χ3n) is 6.13. The minimum Gasteiger partial charge on any atom is -0.345 e. The number of amides is 1. The van der Waals surface area contributed by atoms with E-state index < -0.39 is 11.1 Å². The van der Waals surface area contributed by atoms with Crippen LogP contribution in [0.15, 0.2) is 30.3 Å². The molecule has 2 aliphatic heterocycles. The molecule has 110 valence electrons. The molecule has 3 nitrogen and oxygen atoms in total. The largest absolute Gasteiger partial charge is 0.345 e. The minimum atomic E-state index is -0.717. The molecule has 2 heterocycles. The number of β-lactam (4-membered cyclic amide) rings is 1. The fourth-order valence-electron chi connectivity index (χ4n) is 5.15. The first-order valence-electron chi connectivity index (χ1n) is 7.90. The number of fused-ring (bicyclic) bond motifs is 6. The van der Waals surface area contributed by atoms with Crippen molar-refractivity contribution in [3.63, 3.8) is 0 Å². The molecule has 6 atom stereocenters. The van der Waals surface area contributed by atoms with Gasteiger partial charge in [0.15, 0.2) is 11.1 Å². The predicted molar refractivity (Wildman–Crippen MR) is 78.7 cm³/mol. The van der Waals surface area contributed by atoms with Gasteiger partial charge in [-0.25, -0.2) is 0 Å². The lowest BCUT2D eigenvalue weighted by Gasteiger charge is -2.61. The Labute approximate surface area is 129 Å². The zero-order valence-electron chi connectivity index (χ0n) is 11.7. The summed E-state index contributed by atoms with van der Waals surface area (Å²) >= 11 is 6.44. The first kappa shape index (κ1) is 12.5. The molecule has 0 radical (unpaired) electrons. The Morgan fingerprint density at radius 2 is 1.95 bits per heavy atom. The number of carbonyl (C=O) groups excluding carboxylic acids is 1. The summed E-state index contributed by atoms with van der Waals surface area (Å²) in [5, 5.41) is -0.583. The van der Waals surface area contributed by atoms with Crippen LogP contribution in [0.2, 0.25) is 0 Å². The van der Waals surface area contributed by atoms with E-state index in [4.69, 9.17) is 16.3 Å².